The summed E-state index contributed by atoms with van der Waals surface area (Å²) in [6.07, 6.45) is 5.48. The second kappa shape index (κ2) is 11.7. The molecule has 0 radical (unpaired) electrons. The first-order chi connectivity index (χ1) is 15.9. The van der Waals surface area contributed by atoms with E-state index >= 15 is 0 Å². The predicted molar refractivity (Wildman–Crippen MR) is 127 cm³/mol. The number of hydrogen-bond acceptors (Lipinski definition) is 7. The molecule has 0 saturated carbocycles. The summed E-state index contributed by atoms with van der Waals surface area (Å²) in [6, 6.07) is 4.48. The Balaban J connectivity index is 1.72. The van der Waals surface area contributed by atoms with Crippen molar-refractivity contribution < 1.29 is 17.9 Å². The van der Waals surface area contributed by atoms with Crippen LogP contribution in [0.3, 0.4) is 0 Å². The number of rotatable bonds is 10. The number of aromatic amines is 1. The molecule has 1 aromatic heterocycles. The monoisotopic (exact) mass is 497 g/mol. The average molecular weight is 498 g/mol. The largest absolute Gasteiger partial charge is 0.495 e. The molecule has 1 amide bonds. The number of ether oxygens (including phenoxy) is 1. The van der Waals surface area contributed by atoms with Crippen LogP contribution in [-0.2, 0) is 21.4 Å². The highest BCUT2D eigenvalue weighted by molar-refractivity contribution is 7.99. The van der Waals surface area contributed by atoms with Gasteiger partial charge in [0.25, 0.3) is 0 Å². The van der Waals surface area contributed by atoms with Gasteiger partial charge in [0.05, 0.1) is 23.4 Å². The number of methoxy groups -OCH3 is 1. The number of carbonyl (C=O) groups excluding carboxylic acids is 1. The SMILES string of the molecule is CCCCn1c(SCC(=O)Nc2cc(S(=O)(=O)N3CCCCCC3)ccc2OC)n[nH]c1=O. The lowest BCUT2D eigenvalue weighted by molar-refractivity contribution is -0.113. The molecule has 0 bridgehead atoms. The van der Waals surface area contributed by atoms with Crippen LogP contribution in [-0.4, -0.2) is 59.3 Å². The summed E-state index contributed by atoms with van der Waals surface area (Å²) in [5.74, 6) is 0.00534. The van der Waals surface area contributed by atoms with E-state index in [1.807, 2.05) is 6.92 Å². The van der Waals surface area contributed by atoms with E-state index in [1.54, 1.807) is 6.07 Å². The van der Waals surface area contributed by atoms with Gasteiger partial charge in [0.1, 0.15) is 5.75 Å². The zero-order chi connectivity index (χ0) is 23.8. The van der Waals surface area contributed by atoms with Crippen molar-refractivity contribution in [3.63, 3.8) is 0 Å². The molecule has 10 nitrogen and oxygen atoms in total. The van der Waals surface area contributed by atoms with Crippen LogP contribution in [0.25, 0.3) is 0 Å². The maximum atomic E-state index is 13.1. The quantitative estimate of drug-likeness (QED) is 0.483. The normalized spacial score (nSPS) is 15.2. The number of anilines is 1. The third-order valence-electron chi connectivity index (χ3n) is 5.44. The van der Waals surface area contributed by atoms with E-state index in [0.29, 0.717) is 30.5 Å². The van der Waals surface area contributed by atoms with Crippen LogP contribution in [0.4, 0.5) is 5.69 Å². The minimum Gasteiger partial charge on any atom is -0.495 e. The van der Waals surface area contributed by atoms with E-state index in [-0.39, 0.29) is 27.9 Å². The Morgan fingerprint density at radius 3 is 2.64 bits per heavy atom. The van der Waals surface area contributed by atoms with Gasteiger partial charge in [-0.2, -0.15) is 4.31 Å². The van der Waals surface area contributed by atoms with Crippen molar-refractivity contribution in [2.75, 3.05) is 31.3 Å². The Morgan fingerprint density at radius 2 is 1.97 bits per heavy atom. The molecule has 2 heterocycles. The lowest BCUT2D eigenvalue weighted by atomic mass is 10.2. The highest BCUT2D eigenvalue weighted by Crippen LogP contribution is 2.30. The molecular weight excluding hydrogens is 466 g/mol. The van der Waals surface area contributed by atoms with Gasteiger partial charge in [0, 0.05) is 19.6 Å². The first kappa shape index (κ1) is 25.3. The molecule has 1 fully saturated rings. The maximum Gasteiger partial charge on any atom is 0.343 e. The molecule has 0 unspecified atom stereocenters. The Hall–Kier alpha value is -2.31. The van der Waals surface area contributed by atoms with Crippen molar-refractivity contribution in [2.45, 2.75) is 62.0 Å². The molecule has 1 aliphatic heterocycles. The Labute approximate surface area is 198 Å². The molecule has 1 aromatic carbocycles. The van der Waals surface area contributed by atoms with E-state index in [1.165, 1.54) is 28.1 Å². The van der Waals surface area contributed by atoms with Crippen LogP contribution in [0.5, 0.6) is 5.75 Å². The molecule has 1 saturated heterocycles. The minimum absolute atomic E-state index is 0.00265. The third-order valence-corrected chi connectivity index (χ3v) is 8.31. The molecule has 33 heavy (non-hydrogen) atoms. The number of unbranched alkanes of at least 4 members (excludes halogenated alkanes) is 1. The lowest BCUT2D eigenvalue weighted by Crippen LogP contribution is -2.32. The van der Waals surface area contributed by atoms with Gasteiger partial charge in [-0.15, -0.1) is 5.10 Å². The van der Waals surface area contributed by atoms with Gasteiger partial charge >= 0.3 is 5.69 Å². The van der Waals surface area contributed by atoms with Crippen molar-refractivity contribution in [3.05, 3.63) is 28.7 Å². The standard InChI is InChI=1S/C21H31N5O5S2/c1-3-4-13-26-20(28)23-24-21(26)32-15-19(27)22-17-14-16(9-10-18(17)31-2)33(29,30)25-11-7-5-6-8-12-25/h9-10,14H,3-8,11-13,15H2,1-2H3,(H,22,27)(H,23,28). The number of thioether (sulfide) groups is 1. The van der Waals surface area contributed by atoms with Gasteiger partial charge in [0.2, 0.25) is 15.9 Å². The molecule has 3 rings (SSSR count). The molecule has 1 aliphatic rings. The van der Waals surface area contributed by atoms with Gasteiger partial charge in [-0.1, -0.05) is 37.9 Å². The van der Waals surface area contributed by atoms with Gasteiger partial charge in [-0.25, -0.2) is 18.3 Å². The number of nitrogens with one attached hydrogen (secondary N) is 2. The highest BCUT2D eigenvalue weighted by Gasteiger charge is 2.26. The summed E-state index contributed by atoms with van der Waals surface area (Å²) in [6.45, 7) is 3.55. The van der Waals surface area contributed by atoms with Crippen LogP contribution in [0.1, 0.15) is 45.4 Å². The Morgan fingerprint density at radius 1 is 1.24 bits per heavy atom. The van der Waals surface area contributed by atoms with E-state index in [0.717, 1.165) is 50.3 Å². The molecule has 12 heteroatoms. The number of hydrogen-bond donors (Lipinski definition) is 2. The molecular formula is C21H31N5O5S2. The van der Waals surface area contributed by atoms with Gasteiger partial charge in [-0.3, -0.25) is 9.36 Å². The van der Waals surface area contributed by atoms with Crippen molar-refractivity contribution in [2.24, 2.45) is 0 Å². The number of nitrogens with zero attached hydrogens (tertiary/aromatic N) is 3. The summed E-state index contributed by atoms with van der Waals surface area (Å²) in [5, 5.41) is 9.57. The van der Waals surface area contributed by atoms with E-state index < -0.39 is 10.0 Å². The van der Waals surface area contributed by atoms with Crippen molar-refractivity contribution in [3.8, 4) is 5.75 Å². The van der Waals surface area contributed by atoms with Crippen molar-refractivity contribution in [1.29, 1.82) is 0 Å². The Bertz CT molecular complexity index is 1100. The zero-order valence-corrected chi connectivity index (χ0v) is 20.6. The number of benzene rings is 1. The third kappa shape index (κ3) is 6.39. The second-order valence-corrected chi connectivity index (χ2v) is 10.7. The number of amides is 1. The second-order valence-electron chi connectivity index (χ2n) is 7.83. The molecule has 2 N–H and O–H groups in total. The Kier molecular flexibility index (Phi) is 8.98. The van der Waals surface area contributed by atoms with Gasteiger partial charge < -0.3 is 10.1 Å². The fraction of sp³-hybridized carbons (Fsp3) is 0.571. The summed E-state index contributed by atoms with van der Waals surface area (Å²) >= 11 is 1.14. The van der Waals surface area contributed by atoms with Gasteiger partial charge in [-0.05, 0) is 37.5 Å². The zero-order valence-electron chi connectivity index (χ0n) is 19.0. The summed E-state index contributed by atoms with van der Waals surface area (Å²) in [5.41, 5.74) is -0.0242. The topological polar surface area (TPSA) is 126 Å². The summed E-state index contributed by atoms with van der Waals surface area (Å²) in [7, 11) is -2.21. The van der Waals surface area contributed by atoms with E-state index in [4.69, 9.17) is 4.74 Å². The van der Waals surface area contributed by atoms with Crippen LogP contribution in [0.2, 0.25) is 0 Å². The summed E-state index contributed by atoms with van der Waals surface area (Å²) in [4.78, 5) is 24.6. The van der Waals surface area contributed by atoms with Crippen molar-refractivity contribution in [1.82, 2.24) is 19.1 Å². The van der Waals surface area contributed by atoms with E-state index in [2.05, 4.69) is 15.5 Å². The number of aromatic nitrogens is 3. The number of sulfonamides is 1. The summed E-state index contributed by atoms with van der Waals surface area (Å²) < 4.78 is 34.6. The molecule has 0 aliphatic carbocycles. The first-order valence-electron chi connectivity index (χ1n) is 11.1. The van der Waals surface area contributed by atoms with Crippen LogP contribution < -0.4 is 15.7 Å². The average Bonchev–Trinajstić information content (AvgIpc) is 2.98. The number of H-pyrrole nitrogens is 1. The van der Waals surface area contributed by atoms with Crippen LogP contribution in [0, 0.1) is 0 Å². The minimum atomic E-state index is -3.67. The van der Waals surface area contributed by atoms with Crippen LogP contribution >= 0.6 is 11.8 Å². The van der Waals surface area contributed by atoms with Gasteiger partial charge in [0.15, 0.2) is 5.16 Å². The smallest absolute Gasteiger partial charge is 0.343 e. The highest BCUT2D eigenvalue weighted by atomic mass is 32.2. The molecule has 0 atom stereocenters. The van der Waals surface area contributed by atoms with Crippen molar-refractivity contribution >= 4 is 33.4 Å². The predicted octanol–water partition coefficient (Wildman–Crippen LogP) is 2.68. The fourth-order valence-corrected chi connectivity index (χ4v) is 5.94. The number of carbonyl (C=O) groups is 1. The maximum absolute atomic E-state index is 13.1. The van der Waals surface area contributed by atoms with Crippen LogP contribution in [0.15, 0.2) is 33.0 Å². The lowest BCUT2D eigenvalue weighted by Gasteiger charge is -2.21. The molecule has 2 aromatic rings. The van der Waals surface area contributed by atoms with E-state index in [9.17, 15) is 18.0 Å². The first-order valence-corrected chi connectivity index (χ1v) is 13.6. The fourth-order valence-electron chi connectivity index (χ4n) is 3.62. The molecule has 182 valence electrons. The molecule has 0 spiro atoms.